The summed E-state index contributed by atoms with van der Waals surface area (Å²) in [6, 6.07) is 11.5. The highest BCUT2D eigenvalue weighted by Gasteiger charge is 2.32. The van der Waals surface area contributed by atoms with E-state index in [1.54, 1.807) is 31.4 Å². The van der Waals surface area contributed by atoms with Gasteiger partial charge >= 0.3 is 0 Å². The number of likely N-dealkylation sites (tertiary alicyclic amines) is 1. The van der Waals surface area contributed by atoms with Gasteiger partial charge in [-0.05, 0) is 49.1 Å². The zero-order valence-corrected chi connectivity index (χ0v) is 18.2. The van der Waals surface area contributed by atoms with E-state index in [1.807, 2.05) is 4.90 Å². The van der Waals surface area contributed by atoms with Gasteiger partial charge < -0.3 is 19.1 Å². The summed E-state index contributed by atoms with van der Waals surface area (Å²) in [4.78, 5) is 14.5. The molecule has 0 aliphatic carbocycles. The lowest BCUT2D eigenvalue weighted by Gasteiger charge is -2.32. The molecule has 0 radical (unpaired) electrons. The lowest BCUT2D eigenvalue weighted by atomic mass is 10.1. The van der Waals surface area contributed by atoms with E-state index in [0.717, 1.165) is 37.9 Å². The fourth-order valence-corrected chi connectivity index (χ4v) is 4.70. The van der Waals surface area contributed by atoms with Crippen LogP contribution in [0.25, 0.3) is 0 Å². The highest BCUT2D eigenvalue weighted by molar-refractivity contribution is 7.89. The van der Waals surface area contributed by atoms with Gasteiger partial charge in [0, 0.05) is 25.7 Å². The molecule has 166 valence electrons. The van der Waals surface area contributed by atoms with Crippen LogP contribution >= 0.6 is 0 Å². The molecule has 0 saturated carbocycles. The van der Waals surface area contributed by atoms with Crippen LogP contribution in [0.3, 0.4) is 0 Å². The number of fused-ring (bicyclic) bond motifs is 1. The van der Waals surface area contributed by atoms with E-state index in [1.165, 1.54) is 18.2 Å². The van der Waals surface area contributed by atoms with Crippen LogP contribution in [0, 0.1) is 0 Å². The van der Waals surface area contributed by atoms with E-state index in [2.05, 4.69) is 4.72 Å². The lowest BCUT2D eigenvalue weighted by Crippen LogP contribution is -2.48. The topological polar surface area (TPSA) is 94.2 Å². The maximum atomic E-state index is 12.7. The molecule has 9 heteroatoms. The van der Waals surface area contributed by atoms with Crippen molar-refractivity contribution < 1.29 is 27.4 Å². The van der Waals surface area contributed by atoms with Crippen molar-refractivity contribution in [3.05, 3.63) is 48.0 Å². The van der Waals surface area contributed by atoms with Gasteiger partial charge in [0.1, 0.15) is 12.4 Å². The normalized spacial score (nSPS) is 18.5. The maximum absolute atomic E-state index is 12.7. The van der Waals surface area contributed by atoms with E-state index >= 15 is 0 Å². The number of benzene rings is 2. The molecule has 2 aliphatic heterocycles. The number of nitrogens with one attached hydrogen (secondary N) is 1. The number of amides is 1. The van der Waals surface area contributed by atoms with Gasteiger partial charge in [0.05, 0.1) is 12.0 Å². The Labute approximate surface area is 182 Å². The molecule has 2 aromatic carbocycles. The molecule has 1 amide bonds. The molecule has 0 bridgehead atoms. The molecule has 0 unspecified atom stereocenters. The lowest BCUT2D eigenvalue weighted by molar-refractivity contribution is -0.142. The quantitative estimate of drug-likeness (QED) is 0.732. The number of nitrogens with zero attached hydrogens (tertiary/aromatic N) is 1. The first kappa shape index (κ1) is 21.5. The van der Waals surface area contributed by atoms with Crippen molar-refractivity contribution in [2.24, 2.45) is 0 Å². The van der Waals surface area contributed by atoms with Crippen LogP contribution in [0.1, 0.15) is 24.8 Å². The number of rotatable bonds is 6. The number of ether oxygens (including phenoxy) is 3. The van der Waals surface area contributed by atoms with Crippen molar-refractivity contribution in [3.63, 3.8) is 0 Å². The molecule has 1 saturated heterocycles. The van der Waals surface area contributed by atoms with Crippen molar-refractivity contribution in [1.29, 1.82) is 0 Å². The van der Waals surface area contributed by atoms with Gasteiger partial charge in [-0.15, -0.1) is 0 Å². The largest absolute Gasteiger partial charge is 0.497 e. The number of piperidine rings is 1. The molecule has 4 rings (SSSR count). The van der Waals surface area contributed by atoms with Gasteiger partial charge in [0.2, 0.25) is 16.1 Å². The Bertz CT molecular complexity index is 1030. The van der Waals surface area contributed by atoms with Crippen LogP contribution in [0.4, 0.5) is 0 Å². The van der Waals surface area contributed by atoms with Crippen molar-refractivity contribution in [1.82, 2.24) is 9.62 Å². The first-order valence-electron chi connectivity index (χ1n) is 10.3. The second-order valence-corrected chi connectivity index (χ2v) is 9.35. The van der Waals surface area contributed by atoms with Gasteiger partial charge in [0.25, 0.3) is 5.91 Å². The summed E-state index contributed by atoms with van der Waals surface area (Å²) < 4.78 is 44.6. The van der Waals surface area contributed by atoms with Crippen molar-refractivity contribution in [3.8, 4) is 17.2 Å². The Morgan fingerprint density at radius 3 is 2.55 bits per heavy atom. The van der Waals surface area contributed by atoms with Crippen LogP contribution < -0.4 is 18.9 Å². The van der Waals surface area contributed by atoms with Crippen LogP contribution in [0.5, 0.6) is 17.2 Å². The second kappa shape index (κ2) is 9.15. The van der Waals surface area contributed by atoms with Crippen LogP contribution in [-0.4, -0.2) is 52.1 Å². The van der Waals surface area contributed by atoms with Gasteiger partial charge in [0.15, 0.2) is 11.5 Å². The van der Waals surface area contributed by atoms with Crippen molar-refractivity contribution >= 4 is 15.9 Å². The molecule has 2 aromatic rings. The monoisotopic (exact) mass is 446 g/mol. The smallest absolute Gasteiger partial charge is 0.267 e. The molecule has 1 N–H and O–H groups in total. The Morgan fingerprint density at radius 1 is 1.10 bits per heavy atom. The average Bonchev–Trinajstić information content (AvgIpc) is 2.82. The van der Waals surface area contributed by atoms with E-state index < -0.39 is 16.1 Å². The fraction of sp³-hybridized carbons (Fsp3) is 0.409. The van der Waals surface area contributed by atoms with E-state index in [-0.39, 0.29) is 24.0 Å². The number of carbonyl (C=O) groups is 1. The molecule has 31 heavy (non-hydrogen) atoms. The molecule has 1 fully saturated rings. The molecule has 0 aromatic heterocycles. The molecule has 0 spiro atoms. The highest BCUT2D eigenvalue weighted by Crippen LogP contribution is 2.34. The summed E-state index contributed by atoms with van der Waals surface area (Å²) in [7, 11) is -2.17. The Balaban J connectivity index is 1.41. The minimum atomic E-state index is -3.75. The number of methoxy groups -OCH3 is 1. The fourth-order valence-electron chi connectivity index (χ4n) is 3.66. The molecule has 8 nitrogen and oxygen atoms in total. The molecule has 2 aliphatic rings. The zero-order valence-electron chi connectivity index (χ0n) is 17.4. The summed E-state index contributed by atoms with van der Waals surface area (Å²) in [6.45, 7) is 1.68. The van der Waals surface area contributed by atoms with Crippen LogP contribution in [-0.2, 0) is 21.4 Å². The van der Waals surface area contributed by atoms with E-state index in [0.29, 0.717) is 17.2 Å². The molecular formula is C22H26N2O6S. The third-order valence-electron chi connectivity index (χ3n) is 5.45. The van der Waals surface area contributed by atoms with Gasteiger partial charge in [-0.3, -0.25) is 4.79 Å². The number of hydrogen-bond acceptors (Lipinski definition) is 6. The summed E-state index contributed by atoms with van der Waals surface area (Å²) in [5.74, 6) is 1.31. The number of sulfonamides is 1. The summed E-state index contributed by atoms with van der Waals surface area (Å²) in [5, 5.41) is 0. The second-order valence-electron chi connectivity index (χ2n) is 7.58. The maximum Gasteiger partial charge on any atom is 0.267 e. The number of hydrogen-bond donors (Lipinski definition) is 1. The summed E-state index contributed by atoms with van der Waals surface area (Å²) in [5.41, 5.74) is 0.806. The van der Waals surface area contributed by atoms with Gasteiger partial charge in [-0.25, -0.2) is 13.1 Å². The van der Waals surface area contributed by atoms with Crippen LogP contribution in [0.2, 0.25) is 0 Å². The first-order valence-corrected chi connectivity index (χ1v) is 11.8. The van der Waals surface area contributed by atoms with E-state index in [9.17, 15) is 13.2 Å². The Kier molecular flexibility index (Phi) is 6.33. The highest BCUT2D eigenvalue weighted by atomic mass is 32.2. The molecular weight excluding hydrogens is 420 g/mol. The van der Waals surface area contributed by atoms with Crippen LogP contribution in [0.15, 0.2) is 47.4 Å². The number of carbonyl (C=O) groups excluding carboxylic acids is 1. The SMILES string of the molecule is COc1ccc(CNS(=O)(=O)c2ccc3c(c2)OC[C@H](C(=O)N2CCCCC2)O3)cc1. The minimum Gasteiger partial charge on any atom is -0.497 e. The van der Waals surface area contributed by atoms with Gasteiger partial charge in [-0.2, -0.15) is 0 Å². The average molecular weight is 447 g/mol. The van der Waals surface area contributed by atoms with Crippen molar-refractivity contribution in [2.75, 3.05) is 26.8 Å². The van der Waals surface area contributed by atoms with Crippen molar-refractivity contribution in [2.45, 2.75) is 36.8 Å². The predicted molar refractivity (Wildman–Crippen MR) is 114 cm³/mol. The summed E-state index contributed by atoms with van der Waals surface area (Å²) >= 11 is 0. The Hall–Kier alpha value is -2.78. The minimum absolute atomic E-state index is 0.0606. The third-order valence-corrected chi connectivity index (χ3v) is 6.85. The molecule has 2 heterocycles. The molecule has 1 atom stereocenters. The summed E-state index contributed by atoms with van der Waals surface area (Å²) in [6.07, 6.45) is 2.43. The standard InChI is InChI=1S/C22H26N2O6S/c1-28-17-7-5-16(6-8-17)14-23-31(26,27)18-9-10-19-20(13-18)29-15-21(30-19)22(25)24-11-3-2-4-12-24/h5-10,13,21,23H,2-4,11-12,14-15H2,1H3/t21-/m1/s1. The first-order chi connectivity index (χ1) is 15.0. The third kappa shape index (κ3) is 4.94. The van der Waals surface area contributed by atoms with Gasteiger partial charge in [-0.1, -0.05) is 12.1 Å². The predicted octanol–water partition coefficient (Wildman–Crippen LogP) is 2.33. The Morgan fingerprint density at radius 2 is 1.84 bits per heavy atom. The zero-order chi connectivity index (χ0) is 21.8. The van der Waals surface area contributed by atoms with E-state index in [4.69, 9.17) is 14.2 Å².